The number of benzene rings is 2. The zero-order chi connectivity index (χ0) is 24.8. The van der Waals surface area contributed by atoms with E-state index in [2.05, 4.69) is 16.5 Å². The lowest BCUT2D eigenvalue weighted by molar-refractivity contribution is -0.115. The second-order valence-corrected chi connectivity index (χ2v) is 9.93. The number of aryl methyl sites for hydroxylation is 2. The number of carbonyl (C=O) groups excluding carboxylic acids is 2. The van der Waals surface area contributed by atoms with Crippen LogP contribution in [-0.4, -0.2) is 39.9 Å². The molecule has 0 bridgehead atoms. The van der Waals surface area contributed by atoms with E-state index in [1.54, 1.807) is 28.9 Å². The van der Waals surface area contributed by atoms with Crippen molar-refractivity contribution in [2.45, 2.75) is 19.8 Å². The van der Waals surface area contributed by atoms with Crippen molar-refractivity contribution in [3.05, 3.63) is 70.4 Å². The fourth-order valence-corrected chi connectivity index (χ4v) is 5.45. The summed E-state index contributed by atoms with van der Waals surface area (Å²) in [6.07, 6.45) is 2.61. The highest BCUT2D eigenvalue weighted by Gasteiger charge is 2.28. The number of fused-ring (bicyclic) bond motifs is 2. The number of aromatic nitrogens is 3. The normalized spacial score (nSPS) is 13.7. The molecule has 10 heteroatoms. The lowest BCUT2D eigenvalue weighted by Gasteiger charge is -2.17. The van der Waals surface area contributed by atoms with Crippen LogP contribution in [0.15, 0.2) is 48.7 Å². The maximum Gasteiger partial charge on any atom is 0.276 e. The Bertz CT molecular complexity index is 1510. The number of nitrogens with zero attached hydrogens (tertiary/aromatic N) is 4. The summed E-state index contributed by atoms with van der Waals surface area (Å²) in [6.45, 7) is 2.82. The molecule has 0 fully saturated rings. The third kappa shape index (κ3) is 3.99. The number of thiazole rings is 1. The zero-order valence-corrected chi connectivity index (χ0v) is 20.6. The molecular weight excluding hydrogens is 478 g/mol. The first-order valence-electron chi connectivity index (χ1n) is 11.6. The number of hydrogen-bond donors (Lipinski definition) is 1. The first-order chi connectivity index (χ1) is 17.5. The van der Waals surface area contributed by atoms with Crippen LogP contribution in [0.25, 0.3) is 11.3 Å². The van der Waals surface area contributed by atoms with E-state index in [0.717, 1.165) is 39.4 Å². The molecule has 2 aromatic heterocycles. The van der Waals surface area contributed by atoms with Crippen LogP contribution in [0.3, 0.4) is 0 Å². The Morgan fingerprint density at radius 2 is 1.97 bits per heavy atom. The molecule has 2 aliphatic rings. The second-order valence-electron chi connectivity index (χ2n) is 8.73. The Morgan fingerprint density at radius 1 is 1.11 bits per heavy atom. The van der Waals surface area contributed by atoms with Gasteiger partial charge < -0.3 is 19.7 Å². The van der Waals surface area contributed by atoms with Crippen LogP contribution in [0.4, 0.5) is 10.8 Å². The van der Waals surface area contributed by atoms with Crippen LogP contribution in [0, 0.1) is 6.92 Å². The van der Waals surface area contributed by atoms with Gasteiger partial charge in [0.15, 0.2) is 16.6 Å². The van der Waals surface area contributed by atoms with E-state index in [4.69, 9.17) is 14.5 Å². The minimum atomic E-state index is -0.146. The van der Waals surface area contributed by atoms with Crippen molar-refractivity contribution in [1.29, 1.82) is 0 Å². The van der Waals surface area contributed by atoms with Crippen molar-refractivity contribution in [3.8, 4) is 22.8 Å². The third-order valence-corrected chi connectivity index (χ3v) is 7.26. The minimum Gasteiger partial charge on any atom is -0.454 e. The number of nitrogens with one attached hydrogen (secondary N) is 1. The molecule has 0 saturated heterocycles. The standard InChI is InChI=1S/C26H23N5O4S/c1-15-24(29-26(36-15)28-23(32)12-16-3-6-21-22(11-16)35-14-34-21)18-4-5-19-17(13-18)8-10-31(19)25(33)20-7-9-27-30(20)2/h3-7,9,11,13H,8,10,12,14H2,1-2H3,(H,28,29,32). The third-order valence-electron chi connectivity index (χ3n) is 6.38. The smallest absolute Gasteiger partial charge is 0.276 e. The van der Waals surface area contributed by atoms with E-state index < -0.39 is 0 Å². The van der Waals surface area contributed by atoms with Gasteiger partial charge in [-0.3, -0.25) is 14.3 Å². The highest BCUT2D eigenvalue weighted by molar-refractivity contribution is 7.16. The van der Waals surface area contributed by atoms with E-state index in [1.807, 2.05) is 37.3 Å². The van der Waals surface area contributed by atoms with E-state index in [1.165, 1.54) is 11.3 Å². The van der Waals surface area contributed by atoms with Gasteiger partial charge in [-0.15, -0.1) is 11.3 Å². The Labute approximate surface area is 211 Å². The molecule has 0 spiro atoms. The van der Waals surface area contributed by atoms with Gasteiger partial charge in [0.1, 0.15) is 5.69 Å². The highest BCUT2D eigenvalue weighted by Crippen LogP contribution is 2.36. The van der Waals surface area contributed by atoms with E-state index >= 15 is 0 Å². The topological polar surface area (TPSA) is 98.6 Å². The summed E-state index contributed by atoms with van der Waals surface area (Å²) in [7, 11) is 1.77. The van der Waals surface area contributed by atoms with Crippen LogP contribution in [0.2, 0.25) is 0 Å². The number of hydrogen-bond acceptors (Lipinski definition) is 7. The molecule has 2 amide bonds. The molecular formula is C26H23N5O4S. The van der Waals surface area contributed by atoms with Gasteiger partial charge in [0.25, 0.3) is 5.91 Å². The molecule has 4 heterocycles. The van der Waals surface area contributed by atoms with Gasteiger partial charge in [-0.1, -0.05) is 12.1 Å². The van der Waals surface area contributed by atoms with Crippen molar-refractivity contribution in [3.63, 3.8) is 0 Å². The van der Waals surface area contributed by atoms with Crippen LogP contribution in [0.5, 0.6) is 11.5 Å². The number of anilines is 2. The molecule has 0 radical (unpaired) electrons. The summed E-state index contributed by atoms with van der Waals surface area (Å²) in [6, 6.07) is 13.3. The largest absolute Gasteiger partial charge is 0.454 e. The molecule has 36 heavy (non-hydrogen) atoms. The number of carbonyl (C=O) groups is 2. The van der Waals surface area contributed by atoms with E-state index in [0.29, 0.717) is 28.9 Å². The zero-order valence-electron chi connectivity index (χ0n) is 19.8. The van der Waals surface area contributed by atoms with Gasteiger partial charge in [0.2, 0.25) is 12.7 Å². The fourth-order valence-electron chi connectivity index (χ4n) is 4.60. The molecule has 1 N–H and O–H groups in total. The predicted molar refractivity (Wildman–Crippen MR) is 136 cm³/mol. The van der Waals surface area contributed by atoms with Crippen molar-refractivity contribution < 1.29 is 19.1 Å². The highest BCUT2D eigenvalue weighted by atomic mass is 32.1. The van der Waals surface area contributed by atoms with Gasteiger partial charge in [0, 0.05) is 35.9 Å². The second kappa shape index (κ2) is 8.80. The Morgan fingerprint density at radius 3 is 2.81 bits per heavy atom. The van der Waals surface area contributed by atoms with Gasteiger partial charge in [-0.2, -0.15) is 5.10 Å². The summed E-state index contributed by atoms with van der Waals surface area (Å²) in [4.78, 5) is 33.2. The van der Waals surface area contributed by atoms with Gasteiger partial charge >= 0.3 is 0 Å². The molecule has 0 aliphatic carbocycles. The maximum absolute atomic E-state index is 13.0. The maximum atomic E-state index is 13.0. The summed E-state index contributed by atoms with van der Waals surface area (Å²) < 4.78 is 12.3. The van der Waals surface area contributed by atoms with Crippen LogP contribution in [-0.2, 0) is 24.7 Å². The molecule has 0 atom stereocenters. The fraction of sp³-hybridized carbons (Fsp3) is 0.231. The first-order valence-corrected chi connectivity index (χ1v) is 12.4. The Kier molecular flexibility index (Phi) is 5.45. The minimum absolute atomic E-state index is 0.0567. The molecule has 182 valence electrons. The first kappa shape index (κ1) is 22.3. The van der Waals surface area contributed by atoms with Gasteiger partial charge in [-0.05, 0) is 54.8 Å². The van der Waals surface area contributed by atoms with Crippen LogP contribution in [0.1, 0.15) is 26.5 Å². The molecule has 2 aromatic carbocycles. The van der Waals surface area contributed by atoms with E-state index in [-0.39, 0.29) is 25.0 Å². The van der Waals surface area contributed by atoms with Gasteiger partial charge in [0.05, 0.1) is 12.1 Å². The average Bonchev–Trinajstić information content (AvgIpc) is 3.64. The quantitative estimate of drug-likeness (QED) is 0.445. The van der Waals surface area contributed by atoms with Crippen molar-refractivity contribution in [2.75, 3.05) is 23.6 Å². The molecule has 4 aromatic rings. The Balaban J connectivity index is 1.17. The number of rotatable bonds is 5. The van der Waals surface area contributed by atoms with Gasteiger partial charge in [-0.25, -0.2) is 4.98 Å². The lowest BCUT2D eigenvalue weighted by Crippen LogP contribution is -2.30. The molecule has 0 unspecified atom stereocenters. The summed E-state index contributed by atoms with van der Waals surface area (Å²) in [5.74, 6) is 1.15. The summed E-state index contributed by atoms with van der Waals surface area (Å²) in [5.41, 5.74) is 5.21. The molecule has 0 saturated carbocycles. The SMILES string of the molecule is Cc1sc(NC(=O)Cc2ccc3c(c2)OCO3)nc1-c1ccc2c(c1)CCN2C(=O)c1ccnn1C. The summed E-state index contributed by atoms with van der Waals surface area (Å²) in [5, 5.41) is 7.59. The monoisotopic (exact) mass is 501 g/mol. The molecule has 9 nitrogen and oxygen atoms in total. The van der Waals surface area contributed by atoms with Crippen molar-refractivity contribution in [2.24, 2.45) is 7.05 Å². The predicted octanol–water partition coefficient (Wildman–Crippen LogP) is 3.96. The number of ether oxygens (including phenoxy) is 2. The summed E-state index contributed by atoms with van der Waals surface area (Å²) >= 11 is 1.44. The van der Waals surface area contributed by atoms with Crippen molar-refractivity contribution in [1.82, 2.24) is 14.8 Å². The molecule has 2 aliphatic heterocycles. The van der Waals surface area contributed by atoms with E-state index in [9.17, 15) is 9.59 Å². The Hall–Kier alpha value is -4.18. The lowest BCUT2D eigenvalue weighted by atomic mass is 10.1. The number of amides is 2. The van der Waals surface area contributed by atoms with Crippen LogP contribution < -0.4 is 19.7 Å². The van der Waals surface area contributed by atoms with Crippen molar-refractivity contribution >= 4 is 34.0 Å². The molecule has 6 rings (SSSR count). The van der Waals surface area contributed by atoms with Crippen LogP contribution >= 0.6 is 11.3 Å². The average molecular weight is 502 g/mol.